The number of benzene rings is 1. The molecule has 0 spiro atoms. The van der Waals surface area contributed by atoms with Crippen molar-refractivity contribution in [2.24, 2.45) is 4.99 Å². The molecule has 2 aromatic heterocycles. The number of halogens is 1. The Bertz CT molecular complexity index is 909. The van der Waals surface area contributed by atoms with Gasteiger partial charge in [-0.15, -0.1) is 24.0 Å². The van der Waals surface area contributed by atoms with E-state index in [1.165, 1.54) is 0 Å². The number of rotatable bonds is 8. The molecule has 0 radical (unpaired) electrons. The number of aliphatic imine (C=N–C) groups is 1. The first-order valence-corrected chi connectivity index (χ1v) is 9.39. The summed E-state index contributed by atoms with van der Waals surface area (Å²) in [6.45, 7) is 4.15. The molecule has 0 bridgehead atoms. The largest absolute Gasteiger partial charge is 0.493 e. The summed E-state index contributed by atoms with van der Waals surface area (Å²) in [6.07, 6.45) is 4.89. The Balaban J connectivity index is 0.00000300. The monoisotopic (exact) mass is 509 g/mol. The molecule has 7 nitrogen and oxygen atoms in total. The summed E-state index contributed by atoms with van der Waals surface area (Å²) in [5, 5.41) is 6.64. The maximum atomic E-state index is 5.36. The first-order chi connectivity index (χ1) is 13.7. The fourth-order valence-corrected chi connectivity index (χ4v) is 2.91. The summed E-state index contributed by atoms with van der Waals surface area (Å²) in [7, 11) is 3.27. The molecular weight excluding hydrogens is 481 g/mol. The summed E-state index contributed by atoms with van der Waals surface area (Å²) in [4.78, 5) is 9.28. The Morgan fingerprint density at radius 2 is 1.93 bits per heavy atom. The topological polar surface area (TPSA) is 72.2 Å². The molecule has 3 aromatic rings. The fraction of sp³-hybridized carbons (Fsp3) is 0.333. The second kappa shape index (κ2) is 11.5. The van der Waals surface area contributed by atoms with Crippen molar-refractivity contribution in [1.29, 1.82) is 0 Å². The number of hydrogen-bond donors (Lipinski definition) is 2. The number of imidazole rings is 1. The highest BCUT2D eigenvalue weighted by molar-refractivity contribution is 14.0. The number of fused-ring (bicyclic) bond motifs is 1. The first kappa shape index (κ1) is 22.8. The van der Waals surface area contributed by atoms with Crippen molar-refractivity contribution in [1.82, 2.24) is 20.0 Å². The van der Waals surface area contributed by atoms with Crippen LogP contribution in [0.25, 0.3) is 5.65 Å². The average Bonchev–Trinajstić information content (AvgIpc) is 3.14. The van der Waals surface area contributed by atoms with Gasteiger partial charge in [-0.05, 0) is 36.8 Å². The number of guanidine groups is 1. The predicted octanol–water partition coefficient (Wildman–Crippen LogP) is 3.27. The maximum Gasteiger partial charge on any atom is 0.191 e. The van der Waals surface area contributed by atoms with E-state index < -0.39 is 0 Å². The summed E-state index contributed by atoms with van der Waals surface area (Å²) >= 11 is 0. The van der Waals surface area contributed by atoms with Crippen molar-refractivity contribution >= 4 is 35.6 Å². The van der Waals surface area contributed by atoms with Crippen molar-refractivity contribution in [3.63, 3.8) is 0 Å². The zero-order chi connectivity index (χ0) is 19.8. The molecule has 0 unspecified atom stereocenters. The smallest absolute Gasteiger partial charge is 0.191 e. The zero-order valence-corrected chi connectivity index (χ0v) is 19.3. The summed E-state index contributed by atoms with van der Waals surface area (Å²) in [6, 6.07) is 11.8. The molecule has 29 heavy (non-hydrogen) atoms. The third-order valence-electron chi connectivity index (χ3n) is 4.30. The molecule has 3 rings (SSSR count). The second-order valence-corrected chi connectivity index (χ2v) is 6.26. The Morgan fingerprint density at radius 3 is 2.66 bits per heavy atom. The van der Waals surface area contributed by atoms with Gasteiger partial charge in [-0.1, -0.05) is 12.1 Å². The number of pyridine rings is 1. The van der Waals surface area contributed by atoms with Gasteiger partial charge in [-0.2, -0.15) is 0 Å². The number of aromatic nitrogens is 2. The Morgan fingerprint density at radius 1 is 1.10 bits per heavy atom. The molecule has 0 saturated heterocycles. The Labute approximate surface area is 188 Å². The van der Waals surface area contributed by atoms with Crippen LogP contribution in [0.15, 0.2) is 53.8 Å². The molecule has 0 aliphatic carbocycles. The molecule has 0 atom stereocenters. The molecular formula is C21H28IN5O2. The van der Waals surface area contributed by atoms with Crippen LogP contribution in [0.2, 0.25) is 0 Å². The molecule has 0 amide bonds. The van der Waals surface area contributed by atoms with Gasteiger partial charge in [-0.3, -0.25) is 0 Å². The van der Waals surface area contributed by atoms with E-state index in [1.54, 1.807) is 14.2 Å². The highest BCUT2D eigenvalue weighted by atomic mass is 127. The number of nitrogens with zero attached hydrogens (tertiary/aromatic N) is 3. The minimum Gasteiger partial charge on any atom is -0.493 e. The Hall–Kier alpha value is -2.49. The molecule has 0 aliphatic rings. The minimum absolute atomic E-state index is 0. The van der Waals surface area contributed by atoms with Crippen LogP contribution in [0.1, 0.15) is 18.2 Å². The SMILES string of the molecule is CCNC(=NCc1ccc(OC)c(OC)c1)NCCc1cn2ccccc2n1.I. The molecule has 1 aromatic carbocycles. The van der Waals surface area contributed by atoms with Crippen LogP contribution < -0.4 is 20.1 Å². The van der Waals surface area contributed by atoms with E-state index in [9.17, 15) is 0 Å². The molecule has 0 fully saturated rings. The third-order valence-corrected chi connectivity index (χ3v) is 4.30. The summed E-state index contributed by atoms with van der Waals surface area (Å²) in [5.74, 6) is 2.20. The number of methoxy groups -OCH3 is 2. The van der Waals surface area contributed by atoms with E-state index in [-0.39, 0.29) is 24.0 Å². The predicted molar refractivity (Wildman–Crippen MR) is 127 cm³/mol. The summed E-state index contributed by atoms with van der Waals surface area (Å²) < 4.78 is 12.7. The highest BCUT2D eigenvalue weighted by Crippen LogP contribution is 2.27. The standard InChI is InChI=1S/C21H27N5O2.HI/c1-4-22-21(24-14-16-8-9-18(27-2)19(13-16)28-3)23-11-10-17-15-26-12-6-5-7-20(26)25-17;/h5-9,12-13,15H,4,10-11,14H2,1-3H3,(H2,22,23,24);1H. The van der Waals surface area contributed by atoms with Gasteiger partial charge >= 0.3 is 0 Å². The van der Waals surface area contributed by atoms with Crippen molar-refractivity contribution in [3.05, 3.63) is 60.0 Å². The van der Waals surface area contributed by atoms with Gasteiger partial charge in [0, 0.05) is 31.9 Å². The fourth-order valence-electron chi connectivity index (χ4n) is 2.91. The van der Waals surface area contributed by atoms with Gasteiger partial charge in [0.1, 0.15) is 5.65 Å². The van der Waals surface area contributed by atoms with Crippen molar-refractivity contribution < 1.29 is 9.47 Å². The normalized spacial score (nSPS) is 11.1. The second-order valence-electron chi connectivity index (χ2n) is 6.26. The van der Waals surface area contributed by atoms with Crippen LogP contribution in [-0.4, -0.2) is 42.7 Å². The van der Waals surface area contributed by atoms with Crippen LogP contribution in [0.4, 0.5) is 0 Å². The average molecular weight is 509 g/mol. The van der Waals surface area contributed by atoms with E-state index >= 15 is 0 Å². The summed E-state index contributed by atoms with van der Waals surface area (Å²) in [5.41, 5.74) is 3.07. The number of ether oxygens (including phenoxy) is 2. The molecule has 0 aliphatic heterocycles. The van der Waals surface area contributed by atoms with E-state index in [2.05, 4.69) is 33.7 Å². The van der Waals surface area contributed by atoms with Crippen LogP contribution >= 0.6 is 24.0 Å². The lowest BCUT2D eigenvalue weighted by Crippen LogP contribution is -2.38. The maximum absolute atomic E-state index is 5.36. The minimum atomic E-state index is 0. The van der Waals surface area contributed by atoms with E-state index in [0.717, 1.165) is 42.4 Å². The van der Waals surface area contributed by atoms with Gasteiger partial charge in [-0.25, -0.2) is 9.98 Å². The van der Waals surface area contributed by atoms with E-state index in [4.69, 9.17) is 9.47 Å². The van der Waals surface area contributed by atoms with Crippen LogP contribution in [0.3, 0.4) is 0 Å². The van der Waals surface area contributed by atoms with E-state index in [0.29, 0.717) is 18.0 Å². The van der Waals surface area contributed by atoms with Crippen molar-refractivity contribution in [2.75, 3.05) is 27.3 Å². The third kappa shape index (κ3) is 6.25. The van der Waals surface area contributed by atoms with Gasteiger partial charge in [0.25, 0.3) is 0 Å². The lowest BCUT2D eigenvalue weighted by molar-refractivity contribution is 0.354. The molecule has 2 heterocycles. The molecule has 2 N–H and O–H groups in total. The first-order valence-electron chi connectivity index (χ1n) is 9.39. The van der Waals surface area contributed by atoms with E-state index in [1.807, 2.05) is 47.0 Å². The van der Waals surface area contributed by atoms with Crippen molar-refractivity contribution in [2.45, 2.75) is 19.9 Å². The molecule has 0 saturated carbocycles. The van der Waals surface area contributed by atoms with Crippen LogP contribution in [0, 0.1) is 0 Å². The van der Waals surface area contributed by atoms with Crippen LogP contribution in [-0.2, 0) is 13.0 Å². The molecule has 156 valence electrons. The van der Waals surface area contributed by atoms with Gasteiger partial charge in [0.2, 0.25) is 0 Å². The number of hydrogen-bond acceptors (Lipinski definition) is 4. The van der Waals surface area contributed by atoms with Crippen LogP contribution in [0.5, 0.6) is 11.5 Å². The van der Waals surface area contributed by atoms with Crippen molar-refractivity contribution in [3.8, 4) is 11.5 Å². The van der Waals surface area contributed by atoms with Gasteiger partial charge < -0.3 is 24.5 Å². The van der Waals surface area contributed by atoms with Gasteiger partial charge in [0.05, 0.1) is 26.5 Å². The molecule has 8 heteroatoms. The highest BCUT2D eigenvalue weighted by Gasteiger charge is 2.05. The number of nitrogens with one attached hydrogen (secondary N) is 2. The van der Waals surface area contributed by atoms with Gasteiger partial charge in [0.15, 0.2) is 17.5 Å². The lowest BCUT2D eigenvalue weighted by atomic mass is 10.2. The zero-order valence-electron chi connectivity index (χ0n) is 17.0. The lowest BCUT2D eigenvalue weighted by Gasteiger charge is -2.12. The Kier molecular flexibility index (Phi) is 9.04. The quantitative estimate of drug-likeness (QED) is 0.277.